The monoisotopic (exact) mass is 289 g/mol. The van der Waals surface area contributed by atoms with Gasteiger partial charge in [0.25, 0.3) is 0 Å². The summed E-state index contributed by atoms with van der Waals surface area (Å²) in [6.45, 7) is 0.151. The Kier molecular flexibility index (Phi) is 2.83. The first-order valence-electron chi connectivity index (χ1n) is 5.78. The predicted octanol–water partition coefficient (Wildman–Crippen LogP) is 1.02. The number of urea groups is 1. The Hall–Kier alpha value is -1.87. The number of aliphatic hydroxyl groups excluding tert-OH is 1. The van der Waals surface area contributed by atoms with Gasteiger partial charge in [-0.3, -0.25) is 4.90 Å². The Morgan fingerprint density at radius 3 is 2.85 bits per heavy atom. The number of amides is 2. The largest absolute Gasteiger partial charge is 0.416 e. The quantitative estimate of drug-likeness (QED) is 0.838. The van der Waals surface area contributed by atoms with Crippen molar-refractivity contribution in [1.82, 2.24) is 9.88 Å². The third-order valence-corrected chi connectivity index (χ3v) is 3.30. The molecule has 0 bridgehead atoms. The van der Waals surface area contributed by atoms with Crippen LogP contribution in [0.4, 0.5) is 23.8 Å². The Balaban J connectivity index is 1.95. The summed E-state index contributed by atoms with van der Waals surface area (Å²) in [4.78, 5) is 17.9. The minimum Gasteiger partial charge on any atom is -0.371 e. The number of nitrogens with zero attached hydrogens (tertiary/aromatic N) is 3. The molecule has 0 aliphatic carbocycles. The third kappa shape index (κ3) is 1.90. The molecule has 6 nitrogen and oxygen atoms in total. The van der Waals surface area contributed by atoms with Gasteiger partial charge in [0.2, 0.25) is 0 Å². The molecular weight excluding hydrogens is 279 g/mol. The van der Waals surface area contributed by atoms with Gasteiger partial charge in [-0.1, -0.05) is 0 Å². The second kappa shape index (κ2) is 4.32. The van der Waals surface area contributed by atoms with Crippen molar-refractivity contribution in [2.24, 2.45) is 0 Å². The zero-order chi connectivity index (χ0) is 14.5. The van der Waals surface area contributed by atoms with Gasteiger partial charge in [-0.15, -0.1) is 0 Å². The number of ether oxygens (including phenoxy) is 1. The molecule has 20 heavy (non-hydrogen) atoms. The van der Waals surface area contributed by atoms with Gasteiger partial charge in [0.05, 0.1) is 12.2 Å². The van der Waals surface area contributed by atoms with E-state index in [0.29, 0.717) is 0 Å². The van der Waals surface area contributed by atoms with Crippen LogP contribution in [-0.2, 0) is 10.9 Å². The Morgan fingerprint density at radius 2 is 2.20 bits per heavy atom. The molecule has 0 spiro atoms. The first-order chi connectivity index (χ1) is 9.39. The molecule has 9 heteroatoms. The molecule has 2 saturated heterocycles. The van der Waals surface area contributed by atoms with Gasteiger partial charge in [-0.2, -0.15) is 13.2 Å². The highest BCUT2D eigenvalue weighted by molar-refractivity contribution is 5.94. The smallest absolute Gasteiger partial charge is 0.371 e. The number of hydrogen-bond donors (Lipinski definition) is 1. The summed E-state index contributed by atoms with van der Waals surface area (Å²) in [7, 11) is 0. The lowest BCUT2D eigenvalue weighted by Crippen LogP contribution is -2.38. The molecule has 2 aliphatic heterocycles. The van der Waals surface area contributed by atoms with Gasteiger partial charge in [0.1, 0.15) is 18.6 Å². The number of aliphatic hydroxyl groups is 1. The lowest BCUT2D eigenvalue weighted by molar-refractivity contribution is -0.137. The van der Waals surface area contributed by atoms with Gasteiger partial charge >= 0.3 is 12.2 Å². The van der Waals surface area contributed by atoms with Gasteiger partial charge < -0.3 is 9.84 Å². The van der Waals surface area contributed by atoms with E-state index in [1.807, 2.05) is 0 Å². The molecule has 0 radical (unpaired) electrons. The zero-order valence-corrected chi connectivity index (χ0v) is 10.0. The van der Waals surface area contributed by atoms with Crippen LogP contribution in [0.1, 0.15) is 5.56 Å². The summed E-state index contributed by atoms with van der Waals surface area (Å²) < 4.78 is 43.0. The van der Waals surface area contributed by atoms with Crippen molar-refractivity contribution in [3.8, 4) is 0 Å². The zero-order valence-electron chi connectivity index (χ0n) is 10.0. The molecule has 2 fully saturated rings. The molecular formula is C11H10F3N3O3. The number of carbonyl (C=O) groups excluding carboxylic acids is 1. The molecule has 2 atom stereocenters. The van der Waals surface area contributed by atoms with Gasteiger partial charge in [-0.25, -0.2) is 14.7 Å². The predicted molar refractivity (Wildman–Crippen MR) is 59.6 cm³/mol. The molecule has 1 aromatic rings. The first-order valence-corrected chi connectivity index (χ1v) is 5.78. The van der Waals surface area contributed by atoms with E-state index in [9.17, 15) is 23.1 Å². The standard InChI is InChI=1S/C11H10F3N3O3/c12-11(13,14)6-1-2-15-8(3-6)17-9(18)7-4-20-5-16(7)10(17)19/h1-3,7,9,18H,4-5H2. The van der Waals surface area contributed by atoms with E-state index in [1.54, 1.807) is 0 Å². The van der Waals surface area contributed by atoms with E-state index in [2.05, 4.69) is 4.98 Å². The van der Waals surface area contributed by atoms with Crippen LogP contribution < -0.4 is 4.90 Å². The SMILES string of the molecule is O=C1N2COCC2C(O)N1c1cc(C(F)(F)F)ccn1. The van der Waals surface area contributed by atoms with Crippen LogP contribution in [0.3, 0.4) is 0 Å². The number of anilines is 1. The molecule has 108 valence electrons. The molecule has 0 saturated carbocycles. The summed E-state index contributed by atoms with van der Waals surface area (Å²) in [6.07, 6.45) is -4.86. The fourth-order valence-corrected chi connectivity index (χ4v) is 2.29. The summed E-state index contributed by atoms with van der Waals surface area (Å²) >= 11 is 0. The van der Waals surface area contributed by atoms with Crippen molar-refractivity contribution in [3.63, 3.8) is 0 Å². The topological polar surface area (TPSA) is 65.9 Å². The molecule has 3 heterocycles. The molecule has 1 N–H and O–H groups in total. The van der Waals surface area contributed by atoms with Gasteiger partial charge in [0.15, 0.2) is 6.23 Å². The minimum atomic E-state index is -4.54. The fourth-order valence-electron chi connectivity index (χ4n) is 2.29. The average molecular weight is 289 g/mol. The van der Waals surface area contributed by atoms with Crippen LogP contribution >= 0.6 is 0 Å². The normalized spacial score (nSPS) is 26.3. The van der Waals surface area contributed by atoms with Crippen LogP contribution in [0.25, 0.3) is 0 Å². The van der Waals surface area contributed by atoms with E-state index in [0.717, 1.165) is 23.2 Å². The highest BCUT2D eigenvalue weighted by Crippen LogP contribution is 2.34. The van der Waals surface area contributed by atoms with E-state index in [1.165, 1.54) is 4.90 Å². The van der Waals surface area contributed by atoms with Crippen molar-refractivity contribution in [1.29, 1.82) is 0 Å². The summed E-state index contributed by atoms with van der Waals surface area (Å²) in [5.41, 5.74) is -0.925. The summed E-state index contributed by atoms with van der Waals surface area (Å²) in [5.74, 6) is -0.230. The third-order valence-electron chi connectivity index (χ3n) is 3.30. The highest BCUT2D eigenvalue weighted by atomic mass is 19.4. The van der Waals surface area contributed by atoms with Gasteiger partial charge in [-0.05, 0) is 12.1 Å². The number of rotatable bonds is 1. The molecule has 2 aliphatic rings. The van der Waals surface area contributed by atoms with E-state index in [-0.39, 0.29) is 19.2 Å². The van der Waals surface area contributed by atoms with Crippen LogP contribution in [-0.4, -0.2) is 46.6 Å². The highest BCUT2D eigenvalue weighted by Gasteiger charge is 2.49. The molecule has 2 unspecified atom stereocenters. The van der Waals surface area contributed by atoms with Crippen molar-refractivity contribution < 1.29 is 27.8 Å². The number of fused-ring (bicyclic) bond motifs is 1. The number of halogens is 3. The van der Waals surface area contributed by atoms with Crippen LogP contribution in [0.5, 0.6) is 0 Å². The van der Waals surface area contributed by atoms with Crippen LogP contribution in [0, 0.1) is 0 Å². The lowest BCUT2D eigenvalue weighted by Gasteiger charge is -2.20. The maximum absolute atomic E-state index is 12.7. The van der Waals surface area contributed by atoms with Crippen LogP contribution in [0.15, 0.2) is 18.3 Å². The number of pyridine rings is 1. The number of carbonyl (C=O) groups is 1. The van der Waals surface area contributed by atoms with Crippen molar-refractivity contribution >= 4 is 11.8 Å². The molecule has 3 rings (SSSR count). The fraction of sp³-hybridized carbons (Fsp3) is 0.455. The Morgan fingerprint density at radius 1 is 1.45 bits per heavy atom. The Labute approximate surface area is 111 Å². The minimum absolute atomic E-state index is 0.00994. The van der Waals surface area contributed by atoms with Crippen LogP contribution in [0.2, 0.25) is 0 Å². The van der Waals surface area contributed by atoms with E-state index in [4.69, 9.17) is 4.74 Å². The van der Waals surface area contributed by atoms with Crippen molar-refractivity contribution in [3.05, 3.63) is 23.9 Å². The molecule has 2 amide bonds. The first kappa shape index (κ1) is 13.1. The van der Waals surface area contributed by atoms with E-state index < -0.39 is 30.0 Å². The Bertz CT molecular complexity index is 551. The summed E-state index contributed by atoms with van der Waals surface area (Å²) in [5, 5.41) is 10.0. The van der Waals surface area contributed by atoms with Gasteiger partial charge in [0, 0.05) is 6.20 Å². The lowest BCUT2D eigenvalue weighted by atomic mass is 10.2. The molecule has 0 aromatic carbocycles. The van der Waals surface area contributed by atoms with Crippen molar-refractivity contribution in [2.75, 3.05) is 18.2 Å². The number of alkyl halides is 3. The maximum atomic E-state index is 12.7. The second-order valence-corrected chi connectivity index (χ2v) is 4.50. The second-order valence-electron chi connectivity index (χ2n) is 4.50. The molecule has 1 aromatic heterocycles. The van der Waals surface area contributed by atoms with E-state index >= 15 is 0 Å². The number of aromatic nitrogens is 1. The summed E-state index contributed by atoms with van der Waals surface area (Å²) in [6, 6.07) is 0.343. The average Bonchev–Trinajstić information content (AvgIpc) is 2.94. The number of hydrogen-bond acceptors (Lipinski definition) is 4. The maximum Gasteiger partial charge on any atom is 0.416 e. The van der Waals surface area contributed by atoms with Crippen molar-refractivity contribution in [2.45, 2.75) is 18.4 Å².